The van der Waals surface area contributed by atoms with Crippen LogP contribution in [0.4, 0.5) is 4.79 Å². The fraction of sp³-hybridized carbons (Fsp3) is 0.522. The van der Waals surface area contributed by atoms with Crippen molar-refractivity contribution in [3.63, 3.8) is 0 Å². The molecule has 30 heavy (non-hydrogen) atoms. The highest BCUT2D eigenvalue weighted by atomic mass is 16.6. The maximum absolute atomic E-state index is 12.9. The summed E-state index contributed by atoms with van der Waals surface area (Å²) in [4.78, 5) is 37.2. The number of fused-ring (bicyclic) bond motifs is 1. The Morgan fingerprint density at radius 3 is 2.30 bits per heavy atom. The van der Waals surface area contributed by atoms with Crippen molar-refractivity contribution in [3.8, 4) is 5.75 Å². The summed E-state index contributed by atoms with van der Waals surface area (Å²) in [7, 11) is 0. The van der Waals surface area contributed by atoms with Crippen LogP contribution in [0.3, 0.4) is 0 Å². The zero-order valence-electron chi connectivity index (χ0n) is 19.0. The second kappa shape index (κ2) is 8.90. The molecule has 1 aromatic carbocycles. The van der Waals surface area contributed by atoms with E-state index in [0.29, 0.717) is 23.1 Å². The molecule has 2 aromatic rings. The van der Waals surface area contributed by atoms with Crippen molar-refractivity contribution in [3.05, 3.63) is 39.2 Å². The van der Waals surface area contributed by atoms with E-state index in [1.807, 2.05) is 20.8 Å². The number of esters is 1. The standard InChI is InChI=1S/C23H31NO6/c1-9-12(2)18(24-22(27)30-23(6,7)8)21(26)28-17-11-10-16-13(3)14(4)20(25)29-19(16)15(17)5/h10-12,18H,9H2,1-8H3,(H,24,27)/t12-,18-/m0/s1. The van der Waals surface area contributed by atoms with Gasteiger partial charge in [0.15, 0.2) is 0 Å². The lowest BCUT2D eigenvalue weighted by atomic mass is 9.99. The molecule has 0 radical (unpaired) electrons. The quantitative estimate of drug-likeness (QED) is 0.435. The smallest absolute Gasteiger partial charge is 0.408 e. The second-order valence-electron chi connectivity index (χ2n) is 8.64. The molecule has 0 spiro atoms. The van der Waals surface area contributed by atoms with E-state index in [2.05, 4.69) is 5.32 Å². The molecule has 2 rings (SSSR count). The first kappa shape index (κ1) is 23.4. The summed E-state index contributed by atoms with van der Waals surface area (Å²) in [6, 6.07) is 2.55. The minimum Gasteiger partial charge on any atom is -0.444 e. The first-order valence-corrected chi connectivity index (χ1v) is 10.1. The van der Waals surface area contributed by atoms with Crippen molar-refractivity contribution < 1.29 is 23.5 Å². The van der Waals surface area contributed by atoms with E-state index in [9.17, 15) is 14.4 Å². The van der Waals surface area contributed by atoms with Gasteiger partial charge in [-0.1, -0.05) is 20.3 Å². The van der Waals surface area contributed by atoms with Gasteiger partial charge < -0.3 is 19.2 Å². The molecule has 0 aliphatic carbocycles. The Morgan fingerprint density at radius 1 is 1.10 bits per heavy atom. The van der Waals surface area contributed by atoms with Gasteiger partial charge in [-0.25, -0.2) is 14.4 Å². The van der Waals surface area contributed by atoms with Gasteiger partial charge in [-0.3, -0.25) is 0 Å². The number of amides is 1. The summed E-state index contributed by atoms with van der Waals surface area (Å²) in [6.45, 7) is 14.3. The molecule has 7 nitrogen and oxygen atoms in total. The molecular formula is C23H31NO6. The van der Waals surface area contributed by atoms with Gasteiger partial charge in [-0.2, -0.15) is 0 Å². The van der Waals surface area contributed by atoms with Gasteiger partial charge in [0.25, 0.3) is 0 Å². The summed E-state index contributed by atoms with van der Waals surface area (Å²) in [5.41, 5.74) is 1.19. The molecule has 0 saturated heterocycles. The molecule has 2 atom stereocenters. The van der Waals surface area contributed by atoms with E-state index in [0.717, 1.165) is 10.9 Å². The largest absolute Gasteiger partial charge is 0.444 e. The Bertz CT molecular complexity index is 1010. The molecule has 164 valence electrons. The summed E-state index contributed by atoms with van der Waals surface area (Å²) < 4.78 is 16.3. The lowest BCUT2D eigenvalue weighted by Crippen LogP contribution is -2.48. The van der Waals surface area contributed by atoms with Crippen LogP contribution in [0, 0.1) is 26.7 Å². The van der Waals surface area contributed by atoms with Crippen LogP contribution in [0.15, 0.2) is 21.3 Å². The molecular weight excluding hydrogens is 386 g/mol. The predicted molar refractivity (Wildman–Crippen MR) is 115 cm³/mol. The highest BCUT2D eigenvalue weighted by molar-refractivity contribution is 5.88. The number of alkyl carbamates (subject to hydrolysis) is 1. The maximum atomic E-state index is 12.9. The SMILES string of the molecule is CC[C@H](C)[C@H](NC(=O)OC(C)(C)C)C(=O)Oc1ccc2c(C)c(C)c(=O)oc2c1C. The van der Waals surface area contributed by atoms with E-state index < -0.39 is 29.3 Å². The highest BCUT2D eigenvalue weighted by Gasteiger charge is 2.30. The molecule has 0 unspecified atom stereocenters. The van der Waals surface area contributed by atoms with E-state index in [1.165, 1.54) is 0 Å². The molecule has 1 heterocycles. The molecule has 1 N–H and O–H groups in total. The van der Waals surface area contributed by atoms with Crippen LogP contribution in [0.25, 0.3) is 11.0 Å². The van der Waals surface area contributed by atoms with Gasteiger partial charge in [0.05, 0.1) is 0 Å². The Balaban J connectivity index is 2.34. The third kappa shape index (κ3) is 5.20. The van der Waals surface area contributed by atoms with E-state index >= 15 is 0 Å². The number of nitrogens with one attached hydrogen (secondary N) is 1. The number of carbonyl (C=O) groups is 2. The van der Waals surface area contributed by atoms with Gasteiger partial charge in [-0.05, 0) is 65.2 Å². The molecule has 7 heteroatoms. The highest BCUT2D eigenvalue weighted by Crippen LogP contribution is 2.29. The van der Waals surface area contributed by atoms with Crippen LogP contribution in [0.5, 0.6) is 5.75 Å². The first-order chi connectivity index (χ1) is 13.9. The van der Waals surface area contributed by atoms with Crippen LogP contribution in [0.2, 0.25) is 0 Å². The van der Waals surface area contributed by atoms with E-state index in [-0.39, 0.29) is 11.7 Å². The fourth-order valence-corrected chi connectivity index (χ4v) is 3.01. The first-order valence-electron chi connectivity index (χ1n) is 10.1. The van der Waals surface area contributed by atoms with Gasteiger partial charge >= 0.3 is 17.7 Å². The molecule has 1 aromatic heterocycles. The molecule has 0 bridgehead atoms. The minimum atomic E-state index is -0.883. The van der Waals surface area contributed by atoms with Crippen molar-refractivity contribution in [1.29, 1.82) is 0 Å². The van der Waals surface area contributed by atoms with Crippen molar-refractivity contribution >= 4 is 23.0 Å². The van der Waals surface area contributed by atoms with Crippen molar-refractivity contribution in [2.24, 2.45) is 5.92 Å². The second-order valence-corrected chi connectivity index (χ2v) is 8.64. The van der Waals surface area contributed by atoms with Crippen LogP contribution in [-0.4, -0.2) is 23.7 Å². The predicted octanol–water partition coefficient (Wildman–Crippen LogP) is 4.56. The summed E-state index contributed by atoms with van der Waals surface area (Å²) >= 11 is 0. The Hall–Kier alpha value is -2.83. The zero-order valence-corrected chi connectivity index (χ0v) is 19.0. The average Bonchev–Trinajstić information content (AvgIpc) is 2.65. The van der Waals surface area contributed by atoms with Crippen molar-refractivity contribution in [1.82, 2.24) is 5.32 Å². The zero-order chi connectivity index (χ0) is 22.8. The number of aryl methyl sites for hydroxylation is 2. The van der Waals surface area contributed by atoms with Gasteiger partial charge in [0, 0.05) is 16.5 Å². The van der Waals surface area contributed by atoms with Gasteiger partial charge in [0.1, 0.15) is 23.0 Å². The molecule has 1 amide bonds. The number of rotatable bonds is 5. The average molecular weight is 418 g/mol. The number of hydrogen-bond donors (Lipinski definition) is 1. The fourth-order valence-electron chi connectivity index (χ4n) is 3.01. The number of benzene rings is 1. The summed E-state index contributed by atoms with van der Waals surface area (Å²) in [5.74, 6) is -0.504. The Labute approximate surface area is 176 Å². The number of hydrogen-bond acceptors (Lipinski definition) is 6. The monoisotopic (exact) mass is 417 g/mol. The third-order valence-electron chi connectivity index (χ3n) is 5.17. The summed E-state index contributed by atoms with van der Waals surface area (Å²) in [5, 5.41) is 3.40. The third-order valence-corrected chi connectivity index (χ3v) is 5.17. The van der Waals surface area contributed by atoms with Crippen molar-refractivity contribution in [2.45, 2.75) is 73.5 Å². The normalized spacial score (nSPS) is 13.6. The molecule has 0 saturated carbocycles. The van der Waals surface area contributed by atoms with Crippen LogP contribution in [0.1, 0.15) is 57.7 Å². The van der Waals surface area contributed by atoms with Gasteiger partial charge in [0.2, 0.25) is 0 Å². The lowest BCUT2D eigenvalue weighted by molar-refractivity contribution is -0.138. The Morgan fingerprint density at radius 2 is 1.73 bits per heavy atom. The van der Waals surface area contributed by atoms with E-state index in [4.69, 9.17) is 13.9 Å². The van der Waals surface area contributed by atoms with Crippen LogP contribution >= 0.6 is 0 Å². The van der Waals surface area contributed by atoms with Crippen molar-refractivity contribution in [2.75, 3.05) is 0 Å². The minimum absolute atomic E-state index is 0.173. The molecule has 0 aliphatic rings. The van der Waals surface area contributed by atoms with Crippen LogP contribution < -0.4 is 15.7 Å². The molecule has 0 fully saturated rings. The van der Waals surface area contributed by atoms with Crippen LogP contribution in [-0.2, 0) is 9.53 Å². The topological polar surface area (TPSA) is 94.8 Å². The maximum Gasteiger partial charge on any atom is 0.408 e. The summed E-state index contributed by atoms with van der Waals surface area (Å²) in [6.07, 6.45) is -0.0309. The lowest BCUT2D eigenvalue weighted by Gasteiger charge is -2.25. The Kier molecular flexibility index (Phi) is 6.95. The number of ether oxygens (including phenoxy) is 2. The van der Waals surface area contributed by atoms with E-state index in [1.54, 1.807) is 46.8 Å². The number of carbonyl (C=O) groups excluding carboxylic acids is 2. The molecule has 0 aliphatic heterocycles. The van der Waals surface area contributed by atoms with Gasteiger partial charge in [-0.15, -0.1) is 0 Å².